The molecule has 2 bridgehead atoms. The molecule has 0 N–H and O–H groups in total. The smallest absolute Gasteiger partial charge is 0.231 e. The second-order valence-corrected chi connectivity index (χ2v) is 7.88. The van der Waals surface area contributed by atoms with Gasteiger partial charge in [-0.1, -0.05) is 48.5 Å². The van der Waals surface area contributed by atoms with Crippen molar-refractivity contribution in [3.8, 4) is 11.3 Å². The number of Topliss-reactive ketones (excluding diaryl/α,β-unsaturated/α-hetero) is 1. The van der Waals surface area contributed by atoms with Crippen molar-refractivity contribution in [3.63, 3.8) is 0 Å². The normalized spacial score (nSPS) is 30.2. The first-order chi connectivity index (χ1) is 13.1. The SMILES string of the molecule is CN1c2ccccc2[C@@H]2[C@@H]3O[C@@](C)(C(=O)c4oc(-c5ccccc5)cc43)[C@@H]21. The molecule has 0 aliphatic carbocycles. The number of benzene rings is 2. The molecule has 0 unspecified atom stereocenters. The minimum atomic E-state index is -0.901. The fourth-order valence-corrected chi connectivity index (χ4v) is 5.31. The van der Waals surface area contributed by atoms with E-state index < -0.39 is 5.60 Å². The van der Waals surface area contributed by atoms with Gasteiger partial charge in [0.1, 0.15) is 5.76 Å². The number of ether oxygens (including phenoxy) is 1. The predicted octanol–water partition coefficient (Wildman–Crippen LogP) is 4.58. The number of carbonyl (C=O) groups excluding carboxylic acids is 1. The van der Waals surface area contributed by atoms with Gasteiger partial charge in [0, 0.05) is 29.8 Å². The number of carbonyl (C=O) groups is 1. The second kappa shape index (κ2) is 4.90. The minimum Gasteiger partial charge on any atom is -0.452 e. The van der Waals surface area contributed by atoms with Crippen LogP contribution < -0.4 is 4.90 Å². The standard InChI is InChI=1S/C23H19NO3/c1-23-21-18(14-10-6-7-11-16(14)24(21)2)19(27-23)15-12-17(26-20(15)22(23)25)13-8-4-3-5-9-13/h3-12,18-19,21H,1-2H3/t18-,19-,21-,23-/m1/s1. The Balaban J connectivity index is 1.55. The van der Waals surface area contributed by atoms with E-state index in [-0.39, 0.29) is 23.8 Å². The number of hydrogen-bond donors (Lipinski definition) is 0. The average molecular weight is 357 g/mol. The molecule has 0 radical (unpaired) electrons. The van der Waals surface area contributed by atoms with Gasteiger partial charge < -0.3 is 14.1 Å². The fraction of sp³-hybridized carbons (Fsp3) is 0.261. The quantitative estimate of drug-likeness (QED) is 0.640. The summed E-state index contributed by atoms with van der Waals surface area (Å²) in [4.78, 5) is 15.6. The van der Waals surface area contributed by atoms with Crippen molar-refractivity contribution in [2.45, 2.75) is 30.6 Å². The van der Waals surface area contributed by atoms with Crippen molar-refractivity contribution >= 4 is 11.5 Å². The maximum atomic E-state index is 13.4. The van der Waals surface area contributed by atoms with Crippen LogP contribution in [0.4, 0.5) is 5.69 Å². The fourth-order valence-electron chi connectivity index (χ4n) is 5.31. The van der Waals surface area contributed by atoms with E-state index in [1.54, 1.807) is 0 Å². The highest BCUT2D eigenvalue weighted by Gasteiger charge is 2.66. The number of ketones is 1. The van der Waals surface area contributed by atoms with Crippen molar-refractivity contribution in [1.82, 2.24) is 0 Å². The van der Waals surface area contributed by atoms with Gasteiger partial charge in [-0.25, -0.2) is 0 Å². The summed E-state index contributed by atoms with van der Waals surface area (Å²) in [5.74, 6) is 1.27. The lowest BCUT2D eigenvalue weighted by molar-refractivity contribution is -0.0314. The molecule has 0 saturated carbocycles. The van der Waals surface area contributed by atoms with Crippen LogP contribution in [0.1, 0.15) is 40.6 Å². The number of fused-ring (bicyclic) bond motifs is 9. The first kappa shape index (κ1) is 15.2. The van der Waals surface area contributed by atoms with Gasteiger partial charge in [0.25, 0.3) is 0 Å². The van der Waals surface area contributed by atoms with E-state index in [2.05, 4.69) is 30.1 Å². The van der Waals surface area contributed by atoms with Crippen molar-refractivity contribution < 1.29 is 13.9 Å². The zero-order chi connectivity index (χ0) is 18.3. The molecule has 1 aromatic heterocycles. The molecule has 4 heterocycles. The van der Waals surface area contributed by atoms with Gasteiger partial charge in [-0.15, -0.1) is 0 Å². The van der Waals surface area contributed by atoms with Crippen LogP contribution in [-0.2, 0) is 4.74 Å². The Morgan fingerprint density at radius 2 is 1.74 bits per heavy atom. The summed E-state index contributed by atoms with van der Waals surface area (Å²) in [6.45, 7) is 1.92. The van der Waals surface area contributed by atoms with Crippen LogP contribution in [0.2, 0.25) is 0 Å². The number of likely N-dealkylation sites (N-methyl/N-ethyl adjacent to an activating group) is 1. The molecule has 6 rings (SSSR count). The summed E-state index contributed by atoms with van der Waals surface area (Å²) >= 11 is 0. The zero-order valence-electron chi connectivity index (χ0n) is 15.2. The zero-order valence-corrected chi connectivity index (χ0v) is 15.2. The van der Waals surface area contributed by atoms with Crippen LogP contribution in [0.15, 0.2) is 65.1 Å². The minimum absolute atomic E-state index is 0.0184. The molecule has 3 aromatic rings. The highest BCUT2D eigenvalue weighted by atomic mass is 16.5. The van der Waals surface area contributed by atoms with E-state index in [9.17, 15) is 4.79 Å². The van der Waals surface area contributed by atoms with Crippen molar-refractivity contribution in [2.75, 3.05) is 11.9 Å². The van der Waals surface area contributed by atoms with Crippen LogP contribution in [-0.4, -0.2) is 24.5 Å². The van der Waals surface area contributed by atoms with Crippen LogP contribution >= 0.6 is 0 Å². The van der Waals surface area contributed by atoms with E-state index in [1.807, 2.05) is 49.4 Å². The summed E-state index contributed by atoms with van der Waals surface area (Å²) in [7, 11) is 2.06. The molecule has 1 saturated heterocycles. The molecule has 3 aliphatic heterocycles. The molecule has 134 valence electrons. The first-order valence-corrected chi connectivity index (χ1v) is 9.33. The Hall–Kier alpha value is -2.85. The Morgan fingerprint density at radius 1 is 1.00 bits per heavy atom. The van der Waals surface area contributed by atoms with Gasteiger partial charge in [-0.3, -0.25) is 4.79 Å². The number of anilines is 1. The van der Waals surface area contributed by atoms with Crippen LogP contribution in [0.5, 0.6) is 0 Å². The highest BCUT2D eigenvalue weighted by Crippen LogP contribution is 2.61. The van der Waals surface area contributed by atoms with Crippen LogP contribution in [0.25, 0.3) is 11.3 Å². The number of para-hydroxylation sites is 1. The largest absolute Gasteiger partial charge is 0.452 e. The van der Waals surface area contributed by atoms with E-state index in [0.29, 0.717) is 5.76 Å². The molecule has 0 amide bonds. The van der Waals surface area contributed by atoms with E-state index >= 15 is 0 Å². The highest BCUT2D eigenvalue weighted by molar-refractivity contribution is 6.05. The number of furan rings is 1. The third kappa shape index (κ3) is 1.74. The molecule has 4 heteroatoms. The molecule has 27 heavy (non-hydrogen) atoms. The molecule has 4 atom stereocenters. The lowest BCUT2D eigenvalue weighted by atomic mass is 9.85. The monoisotopic (exact) mass is 357 g/mol. The van der Waals surface area contributed by atoms with Gasteiger partial charge in [-0.2, -0.15) is 0 Å². The van der Waals surface area contributed by atoms with Crippen molar-refractivity contribution in [3.05, 3.63) is 77.6 Å². The molecule has 3 aliphatic rings. The Bertz CT molecular complexity index is 1090. The molecule has 2 aromatic carbocycles. The van der Waals surface area contributed by atoms with E-state index in [1.165, 1.54) is 11.3 Å². The number of nitrogens with zero attached hydrogens (tertiary/aromatic N) is 1. The lowest BCUT2D eigenvalue weighted by Gasteiger charge is -2.35. The number of rotatable bonds is 1. The third-order valence-corrected chi connectivity index (χ3v) is 6.48. The first-order valence-electron chi connectivity index (χ1n) is 9.33. The topological polar surface area (TPSA) is 42.7 Å². The van der Waals surface area contributed by atoms with Gasteiger partial charge in [0.2, 0.25) is 5.78 Å². The summed E-state index contributed by atoms with van der Waals surface area (Å²) in [6.07, 6.45) is -0.167. The lowest BCUT2D eigenvalue weighted by Crippen LogP contribution is -2.52. The van der Waals surface area contributed by atoms with Gasteiger partial charge in [0.15, 0.2) is 11.4 Å². The summed E-state index contributed by atoms with van der Waals surface area (Å²) < 4.78 is 12.5. The van der Waals surface area contributed by atoms with Gasteiger partial charge in [-0.05, 0) is 24.6 Å². The Morgan fingerprint density at radius 3 is 2.56 bits per heavy atom. The third-order valence-electron chi connectivity index (χ3n) is 6.48. The summed E-state index contributed by atoms with van der Waals surface area (Å²) in [6, 6.07) is 20.3. The molecule has 1 fully saturated rings. The maximum absolute atomic E-state index is 13.4. The maximum Gasteiger partial charge on any atom is 0.231 e. The Labute approximate surface area is 157 Å². The Kier molecular flexibility index (Phi) is 2.76. The summed E-state index contributed by atoms with van der Waals surface area (Å²) in [5.41, 5.74) is 3.40. The van der Waals surface area contributed by atoms with Gasteiger partial charge in [0.05, 0.1) is 12.1 Å². The average Bonchev–Trinajstić information content (AvgIpc) is 3.34. The number of hydrogen-bond acceptors (Lipinski definition) is 4. The van der Waals surface area contributed by atoms with Crippen LogP contribution in [0.3, 0.4) is 0 Å². The van der Waals surface area contributed by atoms with Crippen molar-refractivity contribution in [2.24, 2.45) is 0 Å². The molecule has 4 nitrogen and oxygen atoms in total. The predicted molar refractivity (Wildman–Crippen MR) is 102 cm³/mol. The van der Waals surface area contributed by atoms with Crippen LogP contribution in [0, 0.1) is 0 Å². The molecule has 0 spiro atoms. The van der Waals surface area contributed by atoms with Crippen molar-refractivity contribution in [1.29, 1.82) is 0 Å². The van der Waals surface area contributed by atoms with E-state index in [0.717, 1.165) is 16.9 Å². The van der Waals surface area contributed by atoms with E-state index in [4.69, 9.17) is 9.15 Å². The molecular weight excluding hydrogens is 338 g/mol. The summed E-state index contributed by atoms with van der Waals surface area (Å²) in [5, 5.41) is 0. The van der Waals surface area contributed by atoms with Gasteiger partial charge >= 0.3 is 0 Å². The molecular formula is C23H19NO3. The second-order valence-electron chi connectivity index (χ2n) is 7.88.